The molecule has 0 atom stereocenters. The minimum atomic E-state index is 0.835. The molecule has 0 spiro atoms. The molecule has 2 heterocycles. The third kappa shape index (κ3) is 1.82. The number of benzene rings is 1. The van der Waals surface area contributed by atoms with Crippen LogP contribution in [0, 0.1) is 0 Å². The number of anilines is 1. The Morgan fingerprint density at radius 1 is 1.22 bits per heavy atom. The zero-order valence-electron chi connectivity index (χ0n) is 9.92. The molecule has 0 unspecified atom stereocenters. The fraction of sp³-hybridized carbons (Fsp3) is 0.154. The third-order valence-corrected chi connectivity index (χ3v) is 3.30. The van der Waals surface area contributed by atoms with Crippen LogP contribution in [-0.2, 0) is 0 Å². The Morgan fingerprint density at radius 2 is 2.17 bits per heavy atom. The van der Waals surface area contributed by atoms with Gasteiger partial charge < -0.3 is 5.32 Å². The summed E-state index contributed by atoms with van der Waals surface area (Å²) in [7, 11) is 0. The molecule has 3 rings (SSSR count). The van der Waals surface area contributed by atoms with Gasteiger partial charge in [0, 0.05) is 29.9 Å². The number of nitrogens with zero attached hydrogens (tertiary/aromatic N) is 3. The molecule has 18 heavy (non-hydrogen) atoms. The van der Waals surface area contributed by atoms with E-state index in [1.807, 2.05) is 25.3 Å². The second-order valence-electron chi connectivity index (χ2n) is 3.89. The van der Waals surface area contributed by atoms with E-state index in [9.17, 15) is 0 Å². The van der Waals surface area contributed by atoms with Crippen molar-refractivity contribution < 1.29 is 0 Å². The van der Waals surface area contributed by atoms with Gasteiger partial charge in [-0.3, -0.25) is 4.98 Å². The predicted octanol–water partition coefficient (Wildman–Crippen LogP) is 3.19. The summed E-state index contributed by atoms with van der Waals surface area (Å²) in [6.07, 6.45) is 3.68. The molecule has 0 saturated heterocycles. The Kier molecular flexibility index (Phi) is 2.90. The molecule has 3 aromatic rings. The maximum Gasteiger partial charge on any atom is 0.168 e. The van der Waals surface area contributed by atoms with Crippen LogP contribution in [0.15, 0.2) is 36.7 Å². The van der Waals surface area contributed by atoms with Crippen molar-refractivity contribution in [2.75, 3.05) is 11.9 Å². The molecule has 1 aromatic carbocycles. The Balaban J connectivity index is 2.22. The first-order valence-electron chi connectivity index (χ1n) is 5.79. The summed E-state index contributed by atoms with van der Waals surface area (Å²) in [5, 5.41) is 5.50. The Morgan fingerprint density at radius 3 is 3.06 bits per heavy atom. The van der Waals surface area contributed by atoms with Gasteiger partial charge in [0.15, 0.2) is 5.82 Å². The maximum absolute atomic E-state index is 4.40. The van der Waals surface area contributed by atoms with Crippen molar-refractivity contribution in [2.24, 2.45) is 0 Å². The fourth-order valence-electron chi connectivity index (χ4n) is 1.97. The maximum atomic E-state index is 4.40. The van der Waals surface area contributed by atoms with Crippen molar-refractivity contribution >= 4 is 28.3 Å². The van der Waals surface area contributed by atoms with Crippen LogP contribution in [0.25, 0.3) is 22.0 Å². The molecule has 2 aromatic heterocycles. The van der Waals surface area contributed by atoms with Gasteiger partial charge in [0.25, 0.3) is 0 Å². The monoisotopic (exact) mass is 256 g/mol. The van der Waals surface area contributed by atoms with Gasteiger partial charge in [-0.2, -0.15) is 8.75 Å². The predicted molar refractivity (Wildman–Crippen MR) is 74.8 cm³/mol. The lowest BCUT2D eigenvalue weighted by atomic mass is 10.0. The second-order valence-corrected chi connectivity index (χ2v) is 4.42. The van der Waals surface area contributed by atoms with Crippen molar-refractivity contribution in [3.63, 3.8) is 0 Å². The quantitative estimate of drug-likeness (QED) is 0.782. The minimum Gasteiger partial charge on any atom is -0.368 e. The molecule has 4 nitrogen and oxygen atoms in total. The first kappa shape index (κ1) is 11.1. The lowest BCUT2D eigenvalue weighted by Gasteiger charge is -2.05. The summed E-state index contributed by atoms with van der Waals surface area (Å²) in [6.45, 7) is 2.88. The molecule has 0 aliphatic carbocycles. The summed E-state index contributed by atoms with van der Waals surface area (Å²) in [4.78, 5) is 4.19. The molecule has 0 radical (unpaired) electrons. The van der Waals surface area contributed by atoms with E-state index in [0.29, 0.717) is 0 Å². The molecule has 1 N–H and O–H groups in total. The van der Waals surface area contributed by atoms with Crippen LogP contribution in [0.4, 0.5) is 5.82 Å². The molecular formula is C13H12N4S. The van der Waals surface area contributed by atoms with Crippen LogP contribution >= 0.6 is 11.7 Å². The fourth-order valence-corrected chi connectivity index (χ4v) is 2.51. The number of aromatic nitrogens is 3. The molecular weight excluding hydrogens is 244 g/mol. The standard InChI is InChI=1S/C13H12N4S/c1-2-15-13-12(16-18-17-13)10-5-3-4-9-6-7-14-8-11(9)10/h3-8H,2H2,1H3,(H,15,17). The summed E-state index contributed by atoms with van der Waals surface area (Å²) in [5.41, 5.74) is 1.98. The van der Waals surface area contributed by atoms with Crippen LogP contribution in [0.1, 0.15) is 6.92 Å². The van der Waals surface area contributed by atoms with Gasteiger partial charge >= 0.3 is 0 Å². The molecule has 0 aliphatic rings. The van der Waals surface area contributed by atoms with Gasteiger partial charge in [-0.05, 0) is 18.4 Å². The molecule has 0 fully saturated rings. The number of nitrogens with one attached hydrogen (secondary N) is 1. The van der Waals surface area contributed by atoms with E-state index in [1.165, 1.54) is 11.7 Å². The topological polar surface area (TPSA) is 50.7 Å². The summed E-state index contributed by atoms with van der Waals surface area (Å²) in [5.74, 6) is 0.846. The number of hydrogen-bond donors (Lipinski definition) is 1. The highest BCUT2D eigenvalue weighted by atomic mass is 32.1. The molecule has 90 valence electrons. The van der Waals surface area contributed by atoms with Crippen LogP contribution in [-0.4, -0.2) is 20.3 Å². The second kappa shape index (κ2) is 4.70. The van der Waals surface area contributed by atoms with Crippen LogP contribution in [0.5, 0.6) is 0 Å². The average molecular weight is 256 g/mol. The van der Waals surface area contributed by atoms with Crippen molar-refractivity contribution in [1.29, 1.82) is 0 Å². The molecule has 0 aliphatic heterocycles. The first-order chi connectivity index (χ1) is 8.90. The van der Waals surface area contributed by atoms with Crippen molar-refractivity contribution in [1.82, 2.24) is 13.7 Å². The van der Waals surface area contributed by atoms with Crippen molar-refractivity contribution in [2.45, 2.75) is 6.92 Å². The van der Waals surface area contributed by atoms with Crippen LogP contribution in [0.2, 0.25) is 0 Å². The van der Waals surface area contributed by atoms with Gasteiger partial charge in [0.1, 0.15) is 5.69 Å². The van der Waals surface area contributed by atoms with E-state index in [2.05, 4.69) is 31.2 Å². The number of fused-ring (bicyclic) bond motifs is 1. The van der Waals surface area contributed by atoms with Crippen LogP contribution in [0.3, 0.4) is 0 Å². The summed E-state index contributed by atoms with van der Waals surface area (Å²) >= 11 is 1.23. The first-order valence-corrected chi connectivity index (χ1v) is 6.52. The molecule has 0 bridgehead atoms. The summed E-state index contributed by atoms with van der Waals surface area (Å²) in [6, 6.07) is 8.17. The van der Waals surface area contributed by atoms with Gasteiger partial charge in [0.2, 0.25) is 0 Å². The highest BCUT2D eigenvalue weighted by Gasteiger charge is 2.12. The van der Waals surface area contributed by atoms with E-state index in [-0.39, 0.29) is 0 Å². The zero-order valence-corrected chi connectivity index (χ0v) is 10.7. The van der Waals surface area contributed by atoms with E-state index in [0.717, 1.165) is 34.4 Å². The van der Waals surface area contributed by atoms with Crippen LogP contribution < -0.4 is 5.32 Å². The third-order valence-electron chi connectivity index (χ3n) is 2.77. The number of pyridine rings is 1. The van der Waals surface area contributed by atoms with Gasteiger partial charge in [-0.1, -0.05) is 18.2 Å². The molecule has 5 heteroatoms. The van der Waals surface area contributed by atoms with Gasteiger partial charge in [-0.25, -0.2) is 0 Å². The highest BCUT2D eigenvalue weighted by Crippen LogP contribution is 2.31. The van der Waals surface area contributed by atoms with E-state index in [4.69, 9.17) is 0 Å². The number of rotatable bonds is 3. The Bertz CT molecular complexity index is 672. The lowest BCUT2D eigenvalue weighted by Crippen LogP contribution is -1.98. The Labute approximate surface area is 109 Å². The normalized spacial score (nSPS) is 10.7. The van der Waals surface area contributed by atoms with Crippen molar-refractivity contribution in [3.05, 3.63) is 36.7 Å². The number of hydrogen-bond acceptors (Lipinski definition) is 5. The highest BCUT2D eigenvalue weighted by molar-refractivity contribution is 6.99. The minimum absolute atomic E-state index is 0.835. The van der Waals surface area contributed by atoms with E-state index in [1.54, 1.807) is 6.20 Å². The van der Waals surface area contributed by atoms with Gasteiger partial charge in [0.05, 0.1) is 11.7 Å². The smallest absolute Gasteiger partial charge is 0.168 e. The summed E-state index contributed by atoms with van der Waals surface area (Å²) < 4.78 is 8.68. The van der Waals surface area contributed by atoms with Gasteiger partial charge in [-0.15, -0.1) is 0 Å². The largest absolute Gasteiger partial charge is 0.368 e. The van der Waals surface area contributed by atoms with Crippen molar-refractivity contribution in [3.8, 4) is 11.3 Å². The lowest BCUT2D eigenvalue weighted by molar-refractivity contribution is 1.19. The van der Waals surface area contributed by atoms with E-state index < -0.39 is 0 Å². The average Bonchev–Trinajstić information content (AvgIpc) is 2.87. The molecule has 0 saturated carbocycles. The molecule has 0 amide bonds. The van der Waals surface area contributed by atoms with E-state index >= 15 is 0 Å². The SMILES string of the molecule is CCNc1nsnc1-c1cccc2ccncc12. The Hall–Kier alpha value is -2.01. The zero-order chi connectivity index (χ0) is 12.4.